The Hall–Kier alpha value is -2.83. The van der Waals surface area contributed by atoms with E-state index >= 15 is 0 Å². The van der Waals surface area contributed by atoms with Crippen molar-refractivity contribution in [2.24, 2.45) is 5.92 Å². The number of amides is 2. The summed E-state index contributed by atoms with van der Waals surface area (Å²) in [5.41, 5.74) is 4.18. The molecule has 4 heterocycles. The number of H-pyrrole nitrogens is 1. The van der Waals surface area contributed by atoms with Crippen LogP contribution in [0.25, 0.3) is 10.9 Å². The van der Waals surface area contributed by atoms with E-state index in [-0.39, 0.29) is 30.4 Å². The van der Waals surface area contributed by atoms with Gasteiger partial charge in [0.05, 0.1) is 6.04 Å². The number of aromatic amines is 1. The fourth-order valence-electron chi connectivity index (χ4n) is 7.74. The predicted molar refractivity (Wildman–Crippen MR) is 154 cm³/mol. The summed E-state index contributed by atoms with van der Waals surface area (Å²) in [6.07, 6.45) is 9.32. The number of aromatic nitrogens is 1. The van der Waals surface area contributed by atoms with Crippen molar-refractivity contribution >= 4 is 34.3 Å². The van der Waals surface area contributed by atoms with Gasteiger partial charge in [0.1, 0.15) is 12.6 Å². The highest BCUT2D eigenvalue weighted by Crippen LogP contribution is 2.43. The molecule has 7 heteroatoms. The lowest BCUT2D eigenvalue weighted by molar-refractivity contribution is -0.161. The number of hydrogen-bond donors (Lipinski definition) is 1. The number of nitrogens with zero attached hydrogens (tertiary/aromatic N) is 3. The maximum Gasteiger partial charge on any atom is 0.246 e. The number of nitrogens with one attached hydrogen (secondary N) is 1. The van der Waals surface area contributed by atoms with Crippen molar-refractivity contribution in [1.82, 2.24) is 19.7 Å². The number of piperidine rings is 1. The van der Waals surface area contributed by atoms with Crippen molar-refractivity contribution in [3.8, 4) is 0 Å². The van der Waals surface area contributed by atoms with Gasteiger partial charge in [0.25, 0.3) is 0 Å². The van der Waals surface area contributed by atoms with E-state index in [0.717, 1.165) is 59.6 Å². The molecule has 39 heavy (non-hydrogen) atoms. The molecule has 2 amide bonds. The molecule has 4 aliphatic rings. The molecule has 3 aliphatic heterocycles. The molecular weight excluding hydrogens is 508 g/mol. The Morgan fingerprint density at radius 2 is 1.64 bits per heavy atom. The Kier molecular flexibility index (Phi) is 6.64. The third kappa shape index (κ3) is 4.55. The first-order chi connectivity index (χ1) is 19.1. The summed E-state index contributed by atoms with van der Waals surface area (Å²) < 4.78 is 0. The van der Waals surface area contributed by atoms with Gasteiger partial charge >= 0.3 is 0 Å². The van der Waals surface area contributed by atoms with Gasteiger partial charge in [-0.05, 0) is 60.9 Å². The van der Waals surface area contributed by atoms with Gasteiger partial charge in [0.15, 0.2) is 0 Å². The Balaban J connectivity index is 1.16. The summed E-state index contributed by atoms with van der Waals surface area (Å²) >= 11 is 6.22. The molecule has 2 aromatic carbocycles. The molecule has 0 spiro atoms. The van der Waals surface area contributed by atoms with Gasteiger partial charge in [-0.15, -0.1) is 0 Å². The van der Waals surface area contributed by atoms with Crippen LogP contribution in [-0.2, 0) is 16.0 Å². The number of carbonyl (C=O) groups excluding carboxylic acids is 2. The van der Waals surface area contributed by atoms with Gasteiger partial charge in [0, 0.05) is 53.7 Å². The van der Waals surface area contributed by atoms with Crippen molar-refractivity contribution in [2.45, 2.75) is 69.5 Å². The number of rotatable bonds is 4. The van der Waals surface area contributed by atoms with Crippen LogP contribution in [0.4, 0.5) is 0 Å². The molecule has 1 N–H and O–H groups in total. The number of likely N-dealkylation sites (tertiary alicyclic amines) is 1. The Bertz CT molecular complexity index is 1370. The number of piperazine rings is 1. The van der Waals surface area contributed by atoms with E-state index in [9.17, 15) is 9.59 Å². The average Bonchev–Trinajstić information content (AvgIpc) is 3.34. The number of hydrogen-bond acceptors (Lipinski definition) is 3. The van der Waals surface area contributed by atoms with Crippen LogP contribution in [0.2, 0.25) is 5.02 Å². The van der Waals surface area contributed by atoms with Crippen LogP contribution in [0.5, 0.6) is 0 Å². The number of para-hydroxylation sites is 1. The molecule has 2 saturated heterocycles. The zero-order chi connectivity index (χ0) is 26.5. The predicted octanol–water partition coefficient (Wildman–Crippen LogP) is 5.55. The van der Waals surface area contributed by atoms with E-state index in [1.807, 2.05) is 46.2 Å². The van der Waals surface area contributed by atoms with Gasteiger partial charge in [0.2, 0.25) is 11.8 Å². The zero-order valence-electron chi connectivity index (χ0n) is 22.4. The molecule has 204 valence electrons. The molecule has 0 bridgehead atoms. The minimum absolute atomic E-state index is 0.0356. The molecule has 0 radical (unpaired) electrons. The quantitative estimate of drug-likeness (QED) is 0.468. The van der Waals surface area contributed by atoms with Gasteiger partial charge in [-0.2, -0.15) is 0 Å². The van der Waals surface area contributed by atoms with E-state index in [0.29, 0.717) is 11.4 Å². The third-order valence-electron chi connectivity index (χ3n) is 9.72. The Labute approximate surface area is 235 Å². The standard InChI is InChI=1S/C32H37ClN4O2/c33-23-12-10-22(11-13-23)31-30-26(25-8-4-5-9-27(25)34-30)18-28-32(39)36(20-29(38)37(28)31)24-14-16-35(17-15-24)19-21-6-2-1-3-7-21/h4-5,8-13,21,24,28,31,34H,1-3,6-7,14-20H2/t28-,31+/m1/s1. The summed E-state index contributed by atoms with van der Waals surface area (Å²) in [4.78, 5) is 38.1. The molecule has 3 aromatic rings. The highest BCUT2D eigenvalue weighted by Gasteiger charge is 2.49. The van der Waals surface area contributed by atoms with E-state index in [1.54, 1.807) is 0 Å². The van der Waals surface area contributed by atoms with Gasteiger partial charge in [-0.3, -0.25) is 9.59 Å². The second kappa shape index (κ2) is 10.3. The van der Waals surface area contributed by atoms with Crippen LogP contribution < -0.4 is 0 Å². The van der Waals surface area contributed by atoms with Gasteiger partial charge < -0.3 is 19.7 Å². The van der Waals surface area contributed by atoms with Crippen LogP contribution in [0, 0.1) is 5.92 Å². The monoisotopic (exact) mass is 544 g/mol. The third-order valence-corrected chi connectivity index (χ3v) is 9.97. The number of benzene rings is 2. The molecule has 1 saturated carbocycles. The molecular formula is C32H37ClN4O2. The molecule has 3 fully saturated rings. The highest BCUT2D eigenvalue weighted by atomic mass is 35.5. The maximum atomic E-state index is 14.2. The zero-order valence-corrected chi connectivity index (χ0v) is 23.2. The number of carbonyl (C=O) groups is 2. The first-order valence-electron chi connectivity index (χ1n) is 14.8. The highest BCUT2D eigenvalue weighted by molar-refractivity contribution is 6.30. The lowest BCUT2D eigenvalue weighted by Gasteiger charge is -2.50. The van der Waals surface area contributed by atoms with E-state index < -0.39 is 6.04 Å². The second-order valence-electron chi connectivity index (χ2n) is 12.0. The topological polar surface area (TPSA) is 59.7 Å². The van der Waals surface area contributed by atoms with E-state index in [1.165, 1.54) is 38.6 Å². The summed E-state index contributed by atoms with van der Waals surface area (Å²) in [5.74, 6) is 0.975. The molecule has 2 atom stereocenters. The van der Waals surface area contributed by atoms with Crippen LogP contribution >= 0.6 is 11.6 Å². The molecule has 0 unspecified atom stereocenters. The van der Waals surface area contributed by atoms with Gasteiger partial charge in [-0.1, -0.05) is 61.2 Å². The Morgan fingerprint density at radius 3 is 2.41 bits per heavy atom. The van der Waals surface area contributed by atoms with Crippen molar-refractivity contribution in [3.05, 3.63) is 70.4 Å². The normalized spacial score (nSPS) is 25.3. The van der Waals surface area contributed by atoms with Crippen molar-refractivity contribution < 1.29 is 9.59 Å². The SMILES string of the molecule is O=C1[C@H]2Cc3c([nH]c4ccccc34)[C@H](c3ccc(Cl)cc3)N2C(=O)CN1C1CCN(CC2CCCCC2)CC1. The van der Waals surface area contributed by atoms with E-state index in [4.69, 9.17) is 11.6 Å². The first-order valence-corrected chi connectivity index (χ1v) is 15.1. The van der Waals surface area contributed by atoms with Crippen molar-refractivity contribution in [2.75, 3.05) is 26.2 Å². The molecule has 6 nitrogen and oxygen atoms in total. The first kappa shape index (κ1) is 25.2. The lowest BCUT2D eigenvalue weighted by Crippen LogP contribution is -2.65. The van der Waals surface area contributed by atoms with Crippen LogP contribution in [0.15, 0.2) is 48.5 Å². The number of halogens is 1. The molecule has 7 rings (SSSR count). The van der Waals surface area contributed by atoms with Crippen LogP contribution in [0.3, 0.4) is 0 Å². The summed E-state index contributed by atoms with van der Waals surface area (Å²) in [5, 5.41) is 1.80. The van der Waals surface area contributed by atoms with Gasteiger partial charge in [-0.25, -0.2) is 0 Å². The largest absolute Gasteiger partial charge is 0.356 e. The van der Waals surface area contributed by atoms with Crippen LogP contribution in [-0.4, -0.2) is 69.8 Å². The van der Waals surface area contributed by atoms with Crippen molar-refractivity contribution in [1.29, 1.82) is 0 Å². The summed E-state index contributed by atoms with van der Waals surface area (Å²) in [6.45, 7) is 3.41. The minimum atomic E-state index is -0.487. The van der Waals surface area contributed by atoms with E-state index in [2.05, 4.69) is 22.0 Å². The summed E-state index contributed by atoms with van der Waals surface area (Å²) in [7, 11) is 0. The molecule has 1 aliphatic carbocycles. The van der Waals surface area contributed by atoms with Crippen LogP contribution in [0.1, 0.15) is 67.8 Å². The van der Waals surface area contributed by atoms with Crippen molar-refractivity contribution in [3.63, 3.8) is 0 Å². The fourth-order valence-corrected chi connectivity index (χ4v) is 7.86. The maximum absolute atomic E-state index is 14.2. The average molecular weight is 545 g/mol. The summed E-state index contributed by atoms with van der Waals surface area (Å²) in [6, 6.07) is 15.3. The fraction of sp³-hybridized carbons (Fsp3) is 0.500. The second-order valence-corrected chi connectivity index (χ2v) is 12.5. The smallest absolute Gasteiger partial charge is 0.246 e. The lowest BCUT2D eigenvalue weighted by atomic mass is 9.85. The Morgan fingerprint density at radius 1 is 0.897 bits per heavy atom. The molecule has 1 aromatic heterocycles. The minimum Gasteiger partial charge on any atom is -0.356 e. The number of fused-ring (bicyclic) bond motifs is 4.